The molecule has 1 rings (SSSR count). The number of rotatable bonds is 1. The highest BCUT2D eigenvalue weighted by molar-refractivity contribution is 9.10. The molecule has 0 radical (unpaired) electrons. The van der Waals surface area contributed by atoms with Crippen molar-refractivity contribution in [1.82, 2.24) is 4.90 Å². The first-order valence-corrected chi connectivity index (χ1v) is 4.79. The minimum absolute atomic E-state index is 0.218. The van der Waals surface area contributed by atoms with Crippen molar-refractivity contribution >= 4 is 21.8 Å². The maximum Gasteiger partial charge on any atom is 0.238 e. The van der Waals surface area contributed by atoms with Gasteiger partial charge in [-0.1, -0.05) is 15.9 Å². The molecule has 64 valence electrons. The van der Waals surface area contributed by atoms with E-state index in [0.29, 0.717) is 0 Å². The largest absolute Gasteiger partial charge is 0.342 e. The SMILES string of the molecule is CC(C)(Br)C(=O)N1CCCC1. The minimum atomic E-state index is -0.378. The monoisotopic (exact) mass is 219 g/mol. The van der Waals surface area contributed by atoms with E-state index in [9.17, 15) is 4.79 Å². The van der Waals surface area contributed by atoms with Crippen LogP contribution in [0.3, 0.4) is 0 Å². The van der Waals surface area contributed by atoms with E-state index in [0.717, 1.165) is 25.9 Å². The summed E-state index contributed by atoms with van der Waals surface area (Å²) in [6.07, 6.45) is 2.32. The number of carbonyl (C=O) groups excluding carboxylic acids is 1. The molecule has 0 saturated carbocycles. The molecule has 0 atom stereocenters. The van der Waals surface area contributed by atoms with Crippen molar-refractivity contribution in [3.63, 3.8) is 0 Å². The van der Waals surface area contributed by atoms with Gasteiger partial charge in [-0.3, -0.25) is 4.79 Å². The lowest BCUT2D eigenvalue weighted by Gasteiger charge is -2.23. The van der Waals surface area contributed by atoms with Gasteiger partial charge in [0.15, 0.2) is 0 Å². The Kier molecular flexibility index (Phi) is 2.58. The third-order valence-corrected chi connectivity index (χ3v) is 2.24. The van der Waals surface area contributed by atoms with Crippen molar-refractivity contribution in [2.75, 3.05) is 13.1 Å². The van der Waals surface area contributed by atoms with Crippen molar-refractivity contribution < 1.29 is 4.79 Å². The number of hydrogen-bond donors (Lipinski definition) is 0. The van der Waals surface area contributed by atoms with Crippen LogP contribution in [0.25, 0.3) is 0 Å². The molecule has 0 bridgehead atoms. The first kappa shape index (κ1) is 9.04. The number of amides is 1. The highest BCUT2D eigenvalue weighted by atomic mass is 79.9. The molecule has 0 spiro atoms. The zero-order valence-corrected chi connectivity index (χ0v) is 8.65. The summed E-state index contributed by atoms with van der Waals surface area (Å²) in [4.78, 5) is 13.5. The Bertz CT molecular complexity index is 156. The fraction of sp³-hybridized carbons (Fsp3) is 0.875. The maximum absolute atomic E-state index is 11.5. The predicted octanol–water partition coefficient (Wildman–Crippen LogP) is 1.78. The lowest BCUT2D eigenvalue weighted by atomic mass is 10.2. The van der Waals surface area contributed by atoms with Crippen molar-refractivity contribution in [2.24, 2.45) is 0 Å². The average molecular weight is 220 g/mol. The Hall–Kier alpha value is -0.0500. The molecule has 0 N–H and O–H groups in total. The third kappa shape index (κ3) is 2.19. The van der Waals surface area contributed by atoms with E-state index in [1.807, 2.05) is 18.7 Å². The number of hydrogen-bond acceptors (Lipinski definition) is 1. The molecule has 0 aromatic rings. The van der Waals surface area contributed by atoms with Crippen LogP contribution in [0.1, 0.15) is 26.7 Å². The Labute approximate surface area is 76.1 Å². The zero-order valence-electron chi connectivity index (χ0n) is 7.06. The van der Waals surface area contributed by atoms with Gasteiger partial charge in [-0.2, -0.15) is 0 Å². The fourth-order valence-corrected chi connectivity index (χ4v) is 1.55. The Balaban J connectivity index is 2.53. The second kappa shape index (κ2) is 3.13. The number of nitrogens with zero attached hydrogens (tertiary/aromatic N) is 1. The molecule has 2 nitrogen and oxygen atoms in total. The van der Waals surface area contributed by atoms with E-state index in [1.165, 1.54) is 0 Å². The van der Waals surface area contributed by atoms with E-state index in [4.69, 9.17) is 0 Å². The van der Waals surface area contributed by atoms with Crippen LogP contribution < -0.4 is 0 Å². The van der Waals surface area contributed by atoms with Crippen molar-refractivity contribution in [3.05, 3.63) is 0 Å². The maximum atomic E-state index is 11.5. The van der Waals surface area contributed by atoms with E-state index >= 15 is 0 Å². The predicted molar refractivity (Wildman–Crippen MR) is 48.8 cm³/mol. The van der Waals surface area contributed by atoms with Gasteiger partial charge in [0.25, 0.3) is 0 Å². The molecule has 0 aromatic heterocycles. The molecular weight excluding hydrogens is 206 g/mol. The second-order valence-electron chi connectivity index (χ2n) is 3.47. The van der Waals surface area contributed by atoms with Crippen molar-refractivity contribution in [3.8, 4) is 0 Å². The molecule has 1 heterocycles. The number of alkyl halides is 1. The first-order chi connectivity index (χ1) is 5.02. The van der Waals surface area contributed by atoms with Gasteiger partial charge in [0.05, 0.1) is 4.32 Å². The van der Waals surface area contributed by atoms with Gasteiger partial charge < -0.3 is 4.90 Å². The molecule has 1 aliphatic heterocycles. The molecule has 0 unspecified atom stereocenters. The van der Waals surface area contributed by atoms with Crippen LogP contribution >= 0.6 is 15.9 Å². The lowest BCUT2D eigenvalue weighted by molar-refractivity contribution is -0.131. The Morgan fingerprint density at radius 2 is 1.82 bits per heavy atom. The number of carbonyl (C=O) groups is 1. The molecule has 3 heteroatoms. The summed E-state index contributed by atoms with van der Waals surface area (Å²) in [5, 5.41) is 0. The van der Waals surface area contributed by atoms with Gasteiger partial charge in [0.1, 0.15) is 0 Å². The topological polar surface area (TPSA) is 20.3 Å². The quantitative estimate of drug-likeness (QED) is 0.617. The van der Waals surface area contributed by atoms with Crippen LogP contribution in [-0.4, -0.2) is 28.2 Å². The lowest BCUT2D eigenvalue weighted by Crippen LogP contribution is -2.39. The standard InChI is InChI=1S/C8H14BrNO/c1-8(2,9)7(11)10-5-3-4-6-10/h3-6H2,1-2H3. The summed E-state index contributed by atoms with van der Waals surface area (Å²) >= 11 is 3.36. The summed E-state index contributed by atoms with van der Waals surface area (Å²) in [6, 6.07) is 0. The first-order valence-electron chi connectivity index (χ1n) is 4.00. The van der Waals surface area contributed by atoms with E-state index < -0.39 is 0 Å². The number of halogens is 1. The van der Waals surface area contributed by atoms with Gasteiger partial charge in [0.2, 0.25) is 5.91 Å². The summed E-state index contributed by atoms with van der Waals surface area (Å²) in [5.74, 6) is 0.218. The molecular formula is C8H14BrNO. The van der Waals surface area contributed by atoms with E-state index in [1.54, 1.807) is 0 Å². The third-order valence-electron chi connectivity index (χ3n) is 1.90. The molecule has 0 aromatic carbocycles. The van der Waals surface area contributed by atoms with Gasteiger partial charge in [-0.25, -0.2) is 0 Å². The average Bonchev–Trinajstić information content (AvgIpc) is 2.34. The summed E-state index contributed by atoms with van der Waals surface area (Å²) < 4.78 is -0.378. The van der Waals surface area contributed by atoms with E-state index in [-0.39, 0.29) is 10.2 Å². The highest BCUT2D eigenvalue weighted by Gasteiger charge is 2.30. The van der Waals surface area contributed by atoms with Crippen LogP contribution in [0.4, 0.5) is 0 Å². The number of likely N-dealkylation sites (tertiary alicyclic amines) is 1. The normalized spacial score (nSPS) is 19.0. The summed E-state index contributed by atoms with van der Waals surface area (Å²) in [7, 11) is 0. The molecule has 11 heavy (non-hydrogen) atoms. The van der Waals surface area contributed by atoms with E-state index in [2.05, 4.69) is 15.9 Å². The van der Waals surface area contributed by atoms with Crippen LogP contribution in [0.5, 0.6) is 0 Å². The van der Waals surface area contributed by atoms with Gasteiger partial charge in [-0.05, 0) is 26.7 Å². The molecule has 1 aliphatic rings. The summed E-state index contributed by atoms with van der Waals surface area (Å²) in [5.41, 5.74) is 0. The summed E-state index contributed by atoms with van der Waals surface area (Å²) in [6.45, 7) is 5.67. The molecule has 1 amide bonds. The van der Waals surface area contributed by atoms with Crippen molar-refractivity contribution in [2.45, 2.75) is 31.0 Å². The van der Waals surface area contributed by atoms with Crippen LogP contribution in [0.2, 0.25) is 0 Å². The minimum Gasteiger partial charge on any atom is -0.342 e. The Morgan fingerprint density at radius 1 is 1.36 bits per heavy atom. The van der Waals surface area contributed by atoms with Gasteiger partial charge >= 0.3 is 0 Å². The molecule has 1 fully saturated rings. The van der Waals surface area contributed by atoms with Crippen LogP contribution in [0, 0.1) is 0 Å². The second-order valence-corrected chi connectivity index (χ2v) is 5.45. The highest BCUT2D eigenvalue weighted by Crippen LogP contribution is 2.21. The molecule has 1 saturated heterocycles. The smallest absolute Gasteiger partial charge is 0.238 e. The van der Waals surface area contributed by atoms with Gasteiger partial charge in [-0.15, -0.1) is 0 Å². The van der Waals surface area contributed by atoms with Crippen LogP contribution in [-0.2, 0) is 4.79 Å². The van der Waals surface area contributed by atoms with Crippen molar-refractivity contribution in [1.29, 1.82) is 0 Å². The van der Waals surface area contributed by atoms with Crippen LogP contribution in [0.15, 0.2) is 0 Å². The van der Waals surface area contributed by atoms with Gasteiger partial charge in [0, 0.05) is 13.1 Å². The Morgan fingerprint density at radius 3 is 2.18 bits per heavy atom. The fourth-order valence-electron chi connectivity index (χ4n) is 1.30. The zero-order chi connectivity index (χ0) is 8.48. The molecule has 0 aliphatic carbocycles.